The summed E-state index contributed by atoms with van der Waals surface area (Å²) >= 11 is 5.93. The van der Waals surface area contributed by atoms with Crippen molar-refractivity contribution in [2.45, 2.75) is 13.8 Å². The van der Waals surface area contributed by atoms with Crippen molar-refractivity contribution < 1.29 is 4.39 Å². The lowest BCUT2D eigenvalue weighted by molar-refractivity contribution is 0.628. The second-order valence-corrected chi connectivity index (χ2v) is 3.73. The number of pyridine rings is 1. The molecule has 14 heavy (non-hydrogen) atoms. The molecule has 72 valence electrons. The molecule has 0 aliphatic carbocycles. The molecular formula is C11H9ClFN. The van der Waals surface area contributed by atoms with Crippen LogP contribution in [0.15, 0.2) is 18.2 Å². The Morgan fingerprint density at radius 1 is 1.14 bits per heavy atom. The van der Waals surface area contributed by atoms with Crippen LogP contribution < -0.4 is 0 Å². The van der Waals surface area contributed by atoms with Crippen LogP contribution in [-0.2, 0) is 0 Å². The number of hydrogen-bond donors (Lipinski definition) is 0. The molecule has 0 spiro atoms. The van der Waals surface area contributed by atoms with E-state index < -0.39 is 0 Å². The number of aryl methyl sites for hydroxylation is 2. The average molecular weight is 210 g/mol. The highest BCUT2D eigenvalue weighted by molar-refractivity contribution is 6.34. The molecule has 1 aromatic heterocycles. The van der Waals surface area contributed by atoms with E-state index in [1.165, 1.54) is 12.1 Å². The molecule has 0 N–H and O–H groups in total. The van der Waals surface area contributed by atoms with Gasteiger partial charge in [-0.1, -0.05) is 11.6 Å². The molecule has 0 fully saturated rings. The van der Waals surface area contributed by atoms with Crippen molar-refractivity contribution in [1.82, 2.24) is 4.98 Å². The van der Waals surface area contributed by atoms with Crippen LogP contribution in [0.1, 0.15) is 11.3 Å². The van der Waals surface area contributed by atoms with Crippen LogP contribution in [0.2, 0.25) is 5.15 Å². The summed E-state index contributed by atoms with van der Waals surface area (Å²) in [6.07, 6.45) is 0. The van der Waals surface area contributed by atoms with Crippen LogP contribution in [0.4, 0.5) is 4.39 Å². The van der Waals surface area contributed by atoms with Gasteiger partial charge in [0.2, 0.25) is 0 Å². The maximum atomic E-state index is 13.1. The number of nitrogens with zero attached hydrogens (tertiary/aromatic N) is 1. The zero-order valence-electron chi connectivity index (χ0n) is 7.94. The third-order valence-corrected chi connectivity index (χ3v) is 2.49. The molecule has 0 unspecified atom stereocenters. The molecule has 2 rings (SSSR count). The van der Waals surface area contributed by atoms with E-state index in [-0.39, 0.29) is 5.82 Å². The summed E-state index contributed by atoms with van der Waals surface area (Å²) < 4.78 is 13.1. The third kappa shape index (κ3) is 1.46. The van der Waals surface area contributed by atoms with Gasteiger partial charge < -0.3 is 0 Å². The van der Waals surface area contributed by atoms with Gasteiger partial charge in [0.1, 0.15) is 11.0 Å². The maximum Gasteiger partial charge on any atom is 0.137 e. The highest BCUT2D eigenvalue weighted by Gasteiger charge is 2.06. The molecule has 0 atom stereocenters. The fraction of sp³-hybridized carbons (Fsp3) is 0.182. The monoisotopic (exact) mass is 209 g/mol. The minimum Gasteiger partial charge on any atom is -0.241 e. The molecule has 1 heterocycles. The lowest BCUT2D eigenvalue weighted by atomic mass is 10.1. The molecule has 0 amide bonds. The summed E-state index contributed by atoms with van der Waals surface area (Å²) in [7, 11) is 0. The zero-order valence-corrected chi connectivity index (χ0v) is 8.69. The Labute approximate surface area is 86.5 Å². The predicted molar refractivity (Wildman–Crippen MR) is 56.2 cm³/mol. The van der Waals surface area contributed by atoms with Crippen molar-refractivity contribution in [2.24, 2.45) is 0 Å². The first-order valence-corrected chi connectivity index (χ1v) is 4.69. The minimum atomic E-state index is -0.275. The van der Waals surface area contributed by atoms with Crippen LogP contribution in [0.5, 0.6) is 0 Å². The lowest BCUT2D eigenvalue weighted by Gasteiger charge is -2.05. The summed E-state index contributed by atoms with van der Waals surface area (Å²) in [6, 6.07) is 4.82. The van der Waals surface area contributed by atoms with Gasteiger partial charge in [-0.2, -0.15) is 0 Å². The van der Waals surface area contributed by atoms with Gasteiger partial charge in [-0.15, -0.1) is 0 Å². The van der Waals surface area contributed by atoms with Gasteiger partial charge in [0.25, 0.3) is 0 Å². The standard InChI is InChI=1S/C11H9ClFN/c1-6-3-8(13)5-10-9(6)4-7(2)14-11(10)12/h3-5H,1-2H3. The topological polar surface area (TPSA) is 12.9 Å². The van der Waals surface area contributed by atoms with E-state index in [4.69, 9.17) is 11.6 Å². The van der Waals surface area contributed by atoms with Gasteiger partial charge in [0.15, 0.2) is 0 Å². The Kier molecular flexibility index (Phi) is 2.16. The summed E-state index contributed by atoms with van der Waals surface area (Å²) in [5, 5.41) is 2.00. The van der Waals surface area contributed by atoms with Gasteiger partial charge in [-0.05, 0) is 43.0 Å². The summed E-state index contributed by atoms with van der Waals surface area (Å²) in [5.41, 5.74) is 1.73. The summed E-state index contributed by atoms with van der Waals surface area (Å²) in [6.45, 7) is 3.73. The Morgan fingerprint density at radius 2 is 1.86 bits per heavy atom. The normalized spacial score (nSPS) is 10.9. The largest absolute Gasteiger partial charge is 0.241 e. The van der Waals surface area contributed by atoms with Crippen LogP contribution in [0.25, 0.3) is 10.8 Å². The smallest absolute Gasteiger partial charge is 0.137 e. The Hall–Kier alpha value is -1.15. The van der Waals surface area contributed by atoms with E-state index in [0.717, 1.165) is 16.6 Å². The first-order valence-electron chi connectivity index (χ1n) is 4.31. The van der Waals surface area contributed by atoms with E-state index in [9.17, 15) is 4.39 Å². The van der Waals surface area contributed by atoms with Crippen LogP contribution in [-0.4, -0.2) is 4.98 Å². The number of benzene rings is 1. The van der Waals surface area contributed by atoms with Crippen molar-refractivity contribution in [1.29, 1.82) is 0 Å². The third-order valence-electron chi connectivity index (χ3n) is 2.20. The molecule has 1 aromatic carbocycles. The molecule has 0 saturated carbocycles. The quantitative estimate of drug-likeness (QED) is 0.604. The second-order valence-electron chi connectivity index (χ2n) is 3.37. The Balaban J connectivity index is 2.94. The Bertz CT molecular complexity index is 461. The molecule has 1 nitrogen and oxygen atoms in total. The van der Waals surface area contributed by atoms with Crippen LogP contribution >= 0.6 is 11.6 Å². The molecule has 2 aromatic rings. The molecule has 0 radical (unpaired) electrons. The molecule has 0 saturated heterocycles. The number of aromatic nitrogens is 1. The van der Waals surface area contributed by atoms with E-state index in [0.29, 0.717) is 10.5 Å². The van der Waals surface area contributed by atoms with E-state index in [2.05, 4.69) is 4.98 Å². The number of hydrogen-bond acceptors (Lipinski definition) is 1. The van der Waals surface area contributed by atoms with Gasteiger partial charge in [0.05, 0.1) is 0 Å². The van der Waals surface area contributed by atoms with Crippen molar-refractivity contribution in [3.05, 3.63) is 40.4 Å². The van der Waals surface area contributed by atoms with Crippen molar-refractivity contribution in [2.75, 3.05) is 0 Å². The summed E-state index contributed by atoms with van der Waals surface area (Å²) in [4.78, 5) is 4.08. The van der Waals surface area contributed by atoms with E-state index >= 15 is 0 Å². The number of rotatable bonds is 0. The maximum absolute atomic E-state index is 13.1. The number of fused-ring (bicyclic) bond motifs is 1. The van der Waals surface area contributed by atoms with Gasteiger partial charge in [0, 0.05) is 11.1 Å². The first kappa shape index (κ1) is 9.41. The molecule has 0 aliphatic heterocycles. The molecule has 0 bridgehead atoms. The second kappa shape index (κ2) is 3.21. The van der Waals surface area contributed by atoms with Crippen molar-refractivity contribution in [3.8, 4) is 0 Å². The van der Waals surface area contributed by atoms with Crippen LogP contribution in [0.3, 0.4) is 0 Å². The van der Waals surface area contributed by atoms with Crippen molar-refractivity contribution in [3.63, 3.8) is 0 Å². The average Bonchev–Trinajstić information content (AvgIpc) is 2.07. The highest BCUT2D eigenvalue weighted by Crippen LogP contribution is 2.26. The predicted octanol–water partition coefficient (Wildman–Crippen LogP) is 3.64. The lowest BCUT2D eigenvalue weighted by Crippen LogP contribution is -1.88. The SMILES string of the molecule is Cc1cc2c(C)cc(F)cc2c(Cl)n1. The Morgan fingerprint density at radius 3 is 2.57 bits per heavy atom. The van der Waals surface area contributed by atoms with Crippen LogP contribution in [0, 0.1) is 19.7 Å². The molecule has 3 heteroatoms. The van der Waals surface area contributed by atoms with Gasteiger partial charge in [-0.3, -0.25) is 0 Å². The van der Waals surface area contributed by atoms with E-state index in [1.807, 2.05) is 19.9 Å². The van der Waals surface area contributed by atoms with Gasteiger partial charge >= 0.3 is 0 Å². The molecule has 0 aliphatic rings. The fourth-order valence-electron chi connectivity index (χ4n) is 1.57. The number of halogens is 2. The minimum absolute atomic E-state index is 0.275. The fourth-order valence-corrected chi connectivity index (χ4v) is 1.86. The first-order chi connectivity index (χ1) is 6.58. The zero-order chi connectivity index (χ0) is 10.3. The van der Waals surface area contributed by atoms with E-state index in [1.54, 1.807) is 0 Å². The summed E-state index contributed by atoms with van der Waals surface area (Å²) in [5.74, 6) is -0.275. The highest BCUT2D eigenvalue weighted by atomic mass is 35.5. The van der Waals surface area contributed by atoms with Crippen molar-refractivity contribution >= 4 is 22.4 Å². The molecular weight excluding hydrogens is 201 g/mol. The van der Waals surface area contributed by atoms with Gasteiger partial charge in [-0.25, -0.2) is 9.37 Å².